The molecule has 0 radical (unpaired) electrons. The first-order valence-corrected chi connectivity index (χ1v) is 9.36. The maximum atomic E-state index is 12.4. The molecule has 1 aromatic heterocycles. The second-order valence-electron chi connectivity index (χ2n) is 6.27. The Hall–Kier alpha value is -1.17. The predicted octanol–water partition coefficient (Wildman–Crippen LogP) is 3.83. The van der Waals surface area contributed by atoms with E-state index in [9.17, 15) is 4.79 Å². The number of fused-ring (bicyclic) bond motifs is 1. The number of carbonyl (C=O) groups is 1. The Balaban J connectivity index is 1.43. The molecule has 4 rings (SSSR count). The summed E-state index contributed by atoms with van der Waals surface area (Å²) in [5.74, 6) is 0.622. The number of likely N-dealkylation sites (tertiary alicyclic amines) is 1. The summed E-state index contributed by atoms with van der Waals surface area (Å²) < 4.78 is 6.70. The van der Waals surface area contributed by atoms with Crippen molar-refractivity contribution in [3.63, 3.8) is 0 Å². The van der Waals surface area contributed by atoms with E-state index < -0.39 is 0 Å². The van der Waals surface area contributed by atoms with Gasteiger partial charge in [-0.3, -0.25) is 4.79 Å². The number of ether oxygens (including phenoxy) is 1. The Morgan fingerprint density at radius 3 is 2.87 bits per heavy atom. The molecule has 2 aliphatic rings. The van der Waals surface area contributed by atoms with Crippen molar-refractivity contribution in [2.24, 2.45) is 0 Å². The molecule has 0 spiro atoms. The van der Waals surface area contributed by atoms with Crippen LogP contribution in [0.3, 0.4) is 0 Å². The Morgan fingerprint density at radius 1 is 1.30 bits per heavy atom. The average molecular weight is 351 g/mol. The molecule has 4 nitrogen and oxygen atoms in total. The van der Waals surface area contributed by atoms with Crippen molar-refractivity contribution in [3.05, 3.63) is 28.2 Å². The van der Waals surface area contributed by atoms with Crippen LogP contribution in [0.15, 0.2) is 18.2 Å². The molecule has 0 bridgehead atoms. The zero-order chi connectivity index (χ0) is 15.8. The van der Waals surface area contributed by atoms with Gasteiger partial charge in [0.2, 0.25) is 0 Å². The van der Waals surface area contributed by atoms with Crippen LogP contribution in [-0.4, -0.2) is 41.6 Å². The van der Waals surface area contributed by atoms with Crippen molar-refractivity contribution in [1.29, 1.82) is 0 Å². The van der Waals surface area contributed by atoms with Gasteiger partial charge in [-0.1, -0.05) is 11.6 Å². The summed E-state index contributed by atoms with van der Waals surface area (Å²) in [7, 11) is 0. The van der Waals surface area contributed by atoms with Gasteiger partial charge in [0.05, 0.1) is 15.2 Å². The lowest BCUT2D eigenvalue weighted by molar-refractivity contribution is -0.142. The van der Waals surface area contributed by atoms with Gasteiger partial charge in [-0.2, -0.15) is 0 Å². The SMILES string of the molecule is O=C([C@H]1CCCO1)N1CCC(c2nc3cc(Cl)ccc3s2)CC1. The third-order valence-corrected chi connectivity index (χ3v) is 6.16. The summed E-state index contributed by atoms with van der Waals surface area (Å²) in [6, 6.07) is 5.87. The molecule has 0 unspecified atom stereocenters. The fraction of sp³-hybridized carbons (Fsp3) is 0.529. The summed E-state index contributed by atoms with van der Waals surface area (Å²) in [6.07, 6.45) is 3.63. The quantitative estimate of drug-likeness (QED) is 0.826. The molecule has 0 N–H and O–H groups in total. The maximum Gasteiger partial charge on any atom is 0.251 e. The van der Waals surface area contributed by atoms with Gasteiger partial charge in [0.1, 0.15) is 6.10 Å². The highest BCUT2D eigenvalue weighted by Crippen LogP contribution is 2.35. The molecule has 2 aromatic rings. The van der Waals surface area contributed by atoms with Gasteiger partial charge in [-0.15, -0.1) is 11.3 Å². The number of hydrogen-bond donors (Lipinski definition) is 0. The lowest BCUT2D eigenvalue weighted by Crippen LogP contribution is -2.43. The third kappa shape index (κ3) is 3.10. The molecular weight excluding hydrogens is 332 g/mol. The van der Waals surface area contributed by atoms with E-state index in [-0.39, 0.29) is 12.0 Å². The van der Waals surface area contributed by atoms with Gasteiger partial charge in [0, 0.05) is 30.6 Å². The third-order valence-electron chi connectivity index (χ3n) is 4.73. The minimum Gasteiger partial charge on any atom is -0.368 e. The normalized spacial score (nSPS) is 22.8. The van der Waals surface area contributed by atoms with E-state index >= 15 is 0 Å². The standard InChI is InChI=1S/C17H19ClN2O2S/c18-12-3-4-15-13(10-12)19-16(23-15)11-5-7-20(8-6-11)17(21)14-2-1-9-22-14/h3-4,10-11,14H,1-2,5-9H2/t14-/m1/s1. The van der Waals surface area contributed by atoms with E-state index in [0.29, 0.717) is 5.92 Å². The first-order chi connectivity index (χ1) is 11.2. The molecule has 122 valence electrons. The summed E-state index contributed by atoms with van der Waals surface area (Å²) >= 11 is 7.79. The molecule has 6 heteroatoms. The lowest BCUT2D eigenvalue weighted by atomic mass is 9.97. The van der Waals surface area contributed by atoms with Crippen LogP contribution in [0.1, 0.15) is 36.6 Å². The predicted molar refractivity (Wildman–Crippen MR) is 92.2 cm³/mol. The summed E-state index contributed by atoms with van der Waals surface area (Å²) in [4.78, 5) is 19.1. The first kappa shape index (κ1) is 15.4. The molecule has 23 heavy (non-hydrogen) atoms. The second-order valence-corrected chi connectivity index (χ2v) is 7.76. The van der Waals surface area contributed by atoms with E-state index in [0.717, 1.165) is 55.9 Å². The molecule has 3 heterocycles. The molecule has 1 atom stereocenters. The van der Waals surface area contributed by atoms with Crippen molar-refractivity contribution in [2.75, 3.05) is 19.7 Å². The zero-order valence-corrected chi connectivity index (χ0v) is 14.4. The smallest absolute Gasteiger partial charge is 0.251 e. The van der Waals surface area contributed by atoms with Crippen molar-refractivity contribution < 1.29 is 9.53 Å². The van der Waals surface area contributed by atoms with Crippen molar-refractivity contribution in [2.45, 2.75) is 37.7 Å². The number of hydrogen-bond acceptors (Lipinski definition) is 4. The molecule has 2 saturated heterocycles. The van der Waals surface area contributed by atoms with Gasteiger partial charge in [0.25, 0.3) is 5.91 Å². The molecule has 0 aliphatic carbocycles. The van der Waals surface area contributed by atoms with Crippen molar-refractivity contribution >= 4 is 39.1 Å². The van der Waals surface area contributed by atoms with E-state index in [4.69, 9.17) is 21.3 Å². The van der Waals surface area contributed by atoms with Gasteiger partial charge >= 0.3 is 0 Å². The second kappa shape index (κ2) is 6.38. The van der Waals surface area contributed by atoms with E-state index in [1.54, 1.807) is 11.3 Å². The highest BCUT2D eigenvalue weighted by molar-refractivity contribution is 7.18. The maximum absolute atomic E-state index is 12.4. The highest BCUT2D eigenvalue weighted by atomic mass is 35.5. The molecular formula is C17H19ClN2O2S. The number of thiazole rings is 1. The van der Waals surface area contributed by atoms with E-state index in [1.165, 1.54) is 9.71 Å². The minimum absolute atomic E-state index is 0.178. The number of carbonyl (C=O) groups excluding carboxylic acids is 1. The van der Waals surface area contributed by atoms with Gasteiger partial charge in [-0.05, 0) is 43.9 Å². The Morgan fingerprint density at radius 2 is 2.13 bits per heavy atom. The van der Waals surface area contributed by atoms with Crippen LogP contribution < -0.4 is 0 Å². The van der Waals surface area contributed by atoms with Crippen LogP contribution in [0, 0.1) is 0 Å². The molecule has 1 aromatic carbocycles. The van der Waals surface area contributed by atoms with Crippen LogP contribution in [0.4, 0.5) is 0 Å². The highest BCUT2D eigenvalue weighted by Gasteiger charge is 2.31. The number of rotatable bonds is 2. The molecule has 2 aliphatic heterocycles. The number of nitrogens with zero attached hydrogens (tertiary/aromatic N) is 2. The summed E-state index contributed by atoms with van der Waals surface area (Å²) in [5.41, 5.74) is 0.982. The van der Waals surface area contributed by atoms with Crippen LogP contribution in [-0.2, 0) is 9.53 Å². The number of piperidine rings is 1. The Bertz CT molecular complexity index is 718. The summed E-state index contributed by atoms with van der Waals surface area (Å²) in [5, 5.41) is 1.90. The van der Waals surface area contributed by atoms with Crippen LogP contribution in [0.25, 0.3) is 10.2 Å². The molecule has 0 saturated carbocycles. The van der Waals surface area contributed by atoms with Gasteiger partial charge < -0.3 is 9.64 Å². The van der Waals surface area contributed by atoms with Crippen LogP contribution in [0.5, 0.6) is 0 Å². The van der Waals surface area contributed by atoms with Crippen LogP contribution >= 0.6 is 22.9 Å². The first-order valence-electron chi connectivity index (χ1n) is 8.17. The van der Waals surface area contributed by atoms with Gasteiger partial charge in [0.15, 0.2) is 0 Å². The molecule has 1 amide bonds. The fourth-order valence-electron chi connectivity index (χ4n) is 3.42. The fourth-order valence-corrected chi connectivity index (χ4v) is 4.70. The largest absolute Gasteiger partial charge is 0.368 e. The molecule has 2 fully saturated rings. The lowest BCUT2D eigenvalue weighted by Gasteiger charge is -2.32. The van der Waals surface area contributed by atoms with Gasteiger partial charge in [-0.25, -0.2) is 4.98 Å². The van der Waals surface area contributed by atoms with Crippen molar-refractivity contribution in [1.82, 2.24) is 9.88 Å². The number of halogens is 1. The average Bonchev–Trinajstić information content (AvgIpc) is 3.23. The minimum atomic E-state index is -0.198. The number of amides is 1. The summed E-state index contributed by atoms with van der Waals surface area (Å²) in [6.45, 7) is 2.33. The monoisotopic (exact) mass is 350 g/mol. The van der Waals surface area contributed by atoms with Crippen molar-refractivity contribution in [3.8, 4) is 0 Å². The Labute approximate surface area is 144 Å². The van der Waals surface area contributed by atoms with E-state index in [1.807, 2.05) is 23.1 Å². The number of aromatic nitrogens is 1. The van der Waals surface area contributed by atoms with Crippen LogP contribution in [0.2, 0.25) is 5.02 Å². The van der Waals surface area contributed by atoms with E-state index in [2.05, 4.69) is 0 Å². The Kier molecular flexibility index (Phi) is 4.26. The zero-order valence-electron chi connectivity index (χ0n) is 12.8. The topological polar surface area (TPSA) is 42.4 Å². The number of benzene rings is 1.